The zero-order chi connectivity index (χ0) is 19.7. The molecule has 0 aliphatic carbocycles. The molecular formula is C21H16IN3O3. The predicted octanol–water partition coefficient (Wildman–Crippen LogP) is 3.19. The third-order valence-corrected chi connectivity index (χ3v) is 5.13. The first-order chi connectivity index (χ1) is 13.5. The topological polar surface area (TPSA) is 83.4 Å². The molecule has 3 aromatic rings. The average molecular weight is 485 g/mol. The van der Waals surface area contributed by atoms with E-state index in [-0.39, 0.29) is 11.7 Å². The maximum atomic E-state index is 12.3. The number of nitrogens with zero attached hydrogens (tertiary/aromatic N) is 1. The molecule has 0 saturated carbocycles. The van der Waals surface area contributed by atoms with Crippen LogP contribution in [0.2, 0.25) is 0 Å². The molecular weight excluding hydrogens is 469 g/mol. The number of nitrogens with one attached hydrogen (secondary N) is 2. The Morgan fingerprint density at radius 3 is 2.57 bits per heavy atom. The Bertz CT molecular complexity index is 1100. The van der Waals surface area contributed by atoms with E-state index in [1.165, 1.54) is 0 Å². The van der Waals surface area contributed by atoms with Crippen molar-refractivity contribution in [1.82, 2.24) is 15.2 Å². The fourth-order valence-corrected chi connectivity index (χ4v) is 3.60. The predicted molar refractivity (Wildman–Crippen MR) is 114 cm³/mol. The van der Waals surface area contributed by atoms with Gasteiger partial charge in [0.1, 0.15) is 5.75 Å². The number of aromatic nitrogens is 1. The Labute approximate surface area is 175 Å². The van der Waals surface area contributed by atoms with Gasteiger partial charge in [-0.15, -0.1) is 0 Å². The quantitative estimate of drug-likeness (QED) is 0.301. The third kappa shape index (κ3) is 3.53. The largest absolute Gasteiger partial charge is 0.506 e. The van der Waals surface area contributed by atoms with Crippen molar-refractivity contribution in [2.45, 2.75) is 6.54 Å². The van der Waals surface area contributed by atoms with Gasteiger partial charge in [-0.2, -0.15) is 0 Å². The number of phenols is 1. The van der Waals surface area contributed by atoms with Gasteiger partial charge in [0.25, 0.3) is 11.8 Å². The average Bonchev–Trinajstić information content (AvgIpc) is 3.18. The molecule has 1 aliphatic heterocycles. The number of imide groups is 1. The Morgan fingerprint density at radius 2 is 1.82 bits per heavy atom. The maximum absolute atomic E-state index is 12.3. The molecule has 2 heterocycles. The molecule has 6 nitrogen and oxygen atoms in total. The first-order valence-electron chi connectivity index (χ1n) is 8.57. The van der Waals surface area contributed by atoms with Gasteiger partial charge >= 0.3 is 0 Å². The highest BCUT2D eigenvalue weighted by Gasteiger charge is 2.27. The zero-order valence-corrected chi connectivity index (χ0v) is 16.8. The molecule has 0 radical (unpaired) electrons. The highest BCUT2D eigenvalue weighted by molar-refractivity contribution is 14.1. The van der Waals surface area contributed by atoms with E-state index < -0.39 is 5.91 Å². The number of rotatable bonds is 4. The minimum atomic E-state index is -0.433. The van der Waals surface area contributed by atoms with Crippen LogP contribution in [0, 0.1) is 3.57 Å². The number of carbonyl (C=O) groups is 2. The smallest absolute Gasteiger partial charge is 0.260 e. The molecule has 3 N–H and O–H groups in total. The van der Waals surface area contributed by atoms with Crippen molar-refractivity contribution in [2.75, 3.05) is 0 Å². The number of hydrogen-bond acceptors (Lipinski definition) is 4. The molecule has 0 bridgehead atoms. The second kappa shape index (κ2) is 7.51. The summed E-state index contributed by atoms with van der Waals surface area (Å²) in [5, 5.41) is 15.7. The summed E-state index contributed by atoms with van der Waals surface area (Å²) in [6.07, 6.45) is 5.33. The molecule has 7 heteroatoms. The summed E-state index contributed by atoms with van der Waals surface area (Å²) in [6.45, 7) is 0.420. The van der Waals surface area contributed by atoms with Crippen LogP contribution >= 0.6 is 22.6 Å². The van der Waals surface area contributed by atoms with Gasteiger partial charge in [-0.3, -0.25) is 14.9 Å². The fourth-order valence-electron chi connectivity index (χ4n) is 3.10. The molecule has 0 fully saturated rings. The molecule has 2 aromatic carbocycles. The Kier molecular flexibility index (Phi) is 4.91. The highest BCUT2D eigenvalue weighted by atomic mass is 127. The van der Waals surface area contributed by atoms with Crippen molar-refractivity contribution in [3.05, 3.63) is 87.4 Å². The molecule has 2 amide bonds. The minimum absolute atomic E-state index is 0.170. The van der Waals surface area contributed by atoms with Gasteiger partial charge in [0.05, 0.1) is 11.3 Å². The second-order valence-corrected chi connectivity index (χ2v) is 7.57. The summed E-state index contributed by atoms with van der Waals surface area (Å²) in [5.74, 6) is -0.652. The van der Waals surface area contributed by atoms with Crippen LogP contribution in [0.1, 0.15) is 21.5 Å². The second-order valence-electron chi connectivity index (χ2n) is 6.33. The number of fused-ring (bicyclic) bond motifs is 1. The van der Waals surface area contributed by atoms with Crippen LogP contribution in [0.4, 0.5) is 0 Å². The third-order valence-electron chi connectivity index (χ3n) is 4.46. The summed E-state index contributed by atoms with van der Waals surface area (Å²) >= 11 is 2.15. The van der Waals surface area contributed by atoms with Crippen molar-refractivity contribution in [2.24, 2.45) is 0 Å². The van der Waals surface area contributed by atoms with E-state index in [0.29, 0.717) is 28.9 Å². The van der Waals surface area contributed by atoms with E-state index >= 15 is 0 Å². The first-order valence-corrected chi connectivity index (χ1v) is 9.65. The highest BCUT2D eigenvalue weighted by Crippen LogP contribution is 2.26. The van der Waals surface area contributed by atoms with Crippen LogP contribution in [0.5, 0.6) is 5.75 Å². The Morgan fingerprint density at radius 1 is 1.04 bits per heavy atom. The van der Waals surface area contributed by atoms with Crippen LogP contribution < -0.4 is 10.6 Å². The van der Waals surface area contributed by atoms with Gasteiger partial charge in [-0.05, 0) is 70.6 Å². The summed E-state index contributed by atoms with van der Waals surface area (Å²) in [4.78, 5) is 24.3. The van der Waals surface area contributed by atoms with Crippen molar-refractivity contribution < 1.29 is 14.7 Å². The number of amides is 2. The molecule has 0 unspecified atom stereocenters. The lowest BCUT2D eigenvalue weighted by molar-refractivity contribution is -0.114. The lowest BCUT2D eigenvalue weighted by Gasteiger charge is -2.18. The molecule has 4 rings (SSSR count). The number of aromatic hydroxyl groups is 1. The maximum Gasteiger partial charge on any atom is 0.260 e. The van der Waals surface area contributed by atoms with Gasteiger partial charge < -0.3 is 15.0 Å². The fraction of sp³-hybridized carbons (Fsp3) is 0.0476. The molecule has 140 valence electrons. The Balaban J connectivity index is 1.55. The zero-order valence-electron chi connectivity index (χ0n) is 14.6. The monoisotopic (exact) mass is 485 g/mol. The van der Waals surface area contributed by atoms with Crippen LogP contribution in [0.25, 0.3) is 11.3 Å². The molecule has 28 heavy (non-hydrogen) atoms. The molecule has 0 atom stereocenters. The molecule has 1 aliphatic rings. The van der Waals surface area contributed by atoms with Crippen molar-refractivity contribution >= 4 is 40.0 Å². The van der Waals surface area contributed by atoms with Gasteiger partial charge in [-0.1, -0.05) is 6.07 Å². The molecule has 1 aromatic heterocycles. The van der Waals surface area contributed by atoms with Gasteiger partial charge in [0, 0.05) is 39.8 Å². The lowest BCUT2D eigenvalue weighted by Crippen LogP contribution is -2.37. The van der Waals surface area contributed by atoms with E-state index in [1.54, 1.807) is 18.3 Å². The summed E-state index contributed by atoms with van der Waals surface area (Å²) in [6, 6.07) is 14.6. The van der Waals surface area contributed by atoms with E-state index in [0.717, 1.165) is 9.13 Å². The van der Waals surface area contributed by atoms with Crippen molar-refractivity contribution in [3.8, 4) is 11.4 Å². The van der Waals surface area contributed by atoms with Crippen LogP contribution in [-0.2, 0) is 11.3 Å². The number of halogens is 1. The molecule has 0 saturated heterocycles. The van der Waals surface area contributed by atoms with Gasteiger partial charge in [0.2, 0.25) is 0 Å². The van der Waals surface area contributed by atoms with E-state index in [4.69, 9.17) is 0 Å². The number of phenolic OH excluding ortho intramolecular Hbond substituents is 1. The SMILES string of the molecule is O=C1NC(=O)c2ccc(I)cc2/C1=C/NCc1ccc(-n2cccc2)c(O)c1. The molecule has 0 spiro atoms. The number of hydrogen-bond donors (Lipinski definition) is 3. The van der Waals surface area contributed by atoms with Crippen LogP contribution in [-0.4, -0.2) is 21.5 Å². The standard InChI is InChI=1S/C21H16IN3O3/c22-14-4-5-15-16(10-14)17(21(28)24-20(15)27)12-23-11-13-3-6-18(19(26)9-13)25-7-1-2-8-25/h1-10,12,23,26H,11H2,(H,24,27,28)/b17-12-. The van der Waals surface area contributed by atoms with Crippen molar-refractivity contribution in [3.63, 3.8) is 0 Å². The van der Waals surface area contributed by atoms with E-state index in [1.807, 2.05) is 53.4 Å². The number of benzene rings is 2. The van der Waals surface area contributed by atoms with Gasteiger partial charge in [0.15, 0.2) is 0 Å². The van der Waals surface area contributed by atoms with Crippen molar-refractivity contribution in [1.29, 1.82) is 0 Å². The summed E-state index contributed by atoms with van der Waals surface area (Å²) in [7, 11) is 0. The Hall–Kier alpha value is -3.07. The van der Waals surface area contributed by atoms with Crippen LogP contribution in [0.15, 0.2) is 67.1 Å². The van der Waals surface area contributed by atoms with Gasteiger partial charge in [-0.25, -0.2) is 0 Å². The lowest BCUT2D eigenvalue weighted by atomic mass is 9.95. The number of carbonyl (C=O) groups excluding carboxylic acids is 2. The normalized spacial score (nSPS) is 14.7. The van der Waals surface area contributed by atoms with E-state index in [2.05, 4.69) is 33.2 Å². The summed E-state index contributed by atoms with van der Waals surface area (Å²) in [5.41, 5.74) is 3.04. The van der Waals surface area contributed by atoms with E-state index in [9.17, 15) is 14.7 Å². The first kappa shape index (κ1) is 18.3. The van der Waals surface area contributed by atoms with Crippen LogP contribution in [0.3, 0.4) is 0 Å². The summed E-state index contributed by atoms with van der Waals surface area (Å²) < 4.78 is 2.77. The minimum Gasteiger partial charge on any atom is -0.506 e.